The van der Waals surface area contributed by atoms with Gasteiger partial charge in [-0.3, -0.25) is 9.59 Å². The van der Waals surface area contributed by atoms with E-state index in [1.165, 1.54) is 6.26 Å². The molecule has 0 spiro atoms. The smallest absolute Gasteiger partial charge is 0.259 e. The van der Waals surface area contributed by atoms with Crippen molar-refractivity contribution < 1.29 is 19.1 Å². The van der Waals surface area contributed by atoms with Crippen molar-refractivity contribution in [3.8, 4) is 0 Å². The number of rotatable bonds is 4. The lowest BCUT2D eigenvalue weighted by atomic mass is 9.98. The summed E-state index contributed by atoms with van der Waals surface area (Å²) in [6.45, 7) is 3.09. The van der Waals surface area contributed by atoms with Gasteiger partial charge in [-0.1, -0.05) is 6.07 Å². The molecule has 1 unspecified atom stereocenters. The zero-order valence-corrected chi connectivity index (χ0v) is 14.2. The van der Waals surface area contributed by atoms with Crippen molar-refractivity contribution in [2.45, 2.75) is 19.8 Å². The van der Waals surface area contributed by atoms with E-state index in [-0.39, 0.29) is 24.3 Å². The van der Waals surface area contributed by atoms with Gasteiger partial charge in [0, 0.05) is 30.9 Å². The van der Waals surface area contributed by atoms with Crippen LogP contribution in [0.5, 0.6) is 0 Å². The molecule has 25 heavy (non-hydrogen) atoms. The summed E-state index contributed by atoms with van der Waals surface area (Å²) in [5.41, 5.74) is 1.56. The van der Waals surface area contributed by atoms with Crippen LogP contribution in [0.3, 0.4) is 0 Å². The summed E-state index contributed by atoms with van der Waals surface area (Å²) in [5.74, 6) is 0.348. The van der Waals surface area contributed by atoms with E-state index in [4.69, 9.17) is 4.42 Å². The number of anilines is 1. The van der Waals surface area contributed by atoms with Crippen LogP contribution in [0.2, 0.25) is 0 Å². The fourth-order valence-corrected chi connectivity index (χ4v) is 3.13. The van der Waals surface area contributed by atoms with Crippen LogP contribution < -0.4 is 5.32 Å². The molecule has 0 saturated carbocycles. The van der Waals surface area contributed by atoms with E-state index in [0.29, 0.717) is 35.7 Å². The van der Waals surface area contributed by atoms with Crippen molar-refractivity contribution in [2.75, 3.05) is 25.0 Å². The predicted octanol–water partition coefficient (Wildman–Crippen LogP) is 2.68. The van der Waals surface area contributed by atoms with E-state index in [1.54, 1.807) is 42.2 Å². The third-order valence-electron chi connectivity index (χ3n) is 4.54. The van der Waals surface area contributed by atoms with Crippen LogP contribution in [0.1, 0.15) is 39.3 Å². The van der Waals surface area contributed by atoms with Gasteiger partial charge in [0.1, 0.15) is 5.76 Å². The van der Waals surface area contributed by atoms with Crippen LogP contribution in [0.25, 0.3) is 0 Å². The fourth-order valence-electron chi connectivity index (χ4n) is 3.13. The monoisotopic (exact) mass is 342 g/mol. The first-order valence-electron chi connectivity index (χ1n) is 8.44. The van der Waals surface area contributed by atoms with Crippen molar-refractivity contribution in [3.05, 3.63) is 53.5 Å². The Morgan fingerprint density at radius 1 is 1.36 bits per heavy atom. The van der Waals surface area contributed by atoms with Gasteiger partial charge in [-0.05, 0) is 49.9 Å². The molecule has 1 aromatic carbocycles. The molecule has 1 atom stereocenters. The number of benzene rings is 1. The first kappa shape index (κ1) is 17.2. The van der Waals surface area contributed by atoms with E-state index >= 15 is 0 Å². The number of aliphatic hydroxyl groups is 1. The second kappa shape index (κ2) is 7.53. The lowest BCUT2D eigenvalue weighted by Crippen LogP contribution is -2.40. The summed E-state index contributed by atoms with van der Waals surface area (Å²) in [6.07, 6.45) is 3.31. The average Bonchev–Trinajstić information content (AvgIpc) is 3.07. The van der Waals surface area contributed by atoms with E-state index in [9.17, 15) is 14.7 Å². The van der Waals surface area contributed by atoms with E-state index in [1.807, 2.05) is 0 Å². The van der Waals surface area contributed by atoms with Crippen molar-refractivity contribution in [2.24, 2.45) is 5.92 Å². The molecule has 2 aromatic rings. The van der Waals surface area contributed by atoms with Gasteiger partial charge >= 0.3 is 0 Å². The summed E-state index contributed by atoms with van der Waals surface area (Å²) in [5, 5.41) is 12.1. The molecular weight excluding hydrogens is 320 g/mol. The highest BCUT2D eigenvalue weighted by Crippen LogP contribution is 2.20. The van der Waals surface area contributed by atoms with Crippen LogP contribution in [0.15, 0.2) is 41.0 Å². The Morgan fingerprint density at radius 3 is 2.92 bits per heavy atom. The average molecular weight is 342 g/mol. The lowest BCUT2D eigenvalue weighted by Gasteiger charge is -2.32. The second-order valence-corrected chi connectivity index (χ2v) is 6.37. The molecule has 6 heteroatoms. The first-order chi connectivity index (χ1) is 12.1. The number of nitrogens with one attached hydrogen (secondary N) is 1. The molecular formula is C19H22N2O4. The third-order valence-corrected chi connectivity index (χ3v) is 4.54. The maximum absolute atomic E-state index is 12.7. The molecule has 2 heterocycles. The molecule has 1 aliphatic heterocycles. The summed E-state index contributed by atoms with van der Waals surface area (Å²) >= 11 is 0. The van der Waals surface area contributed by atoms with Gasteiger partial charge in [-0.25, -0.2) is 0 Å². The highest BCUT2D eigenvalue weighted by atomic mass is 16.3. The minimum absolute atomic E-state index is 0.0752. The Kier molecular flexibility index (Phi) is 5.19. The van der Waals surface area contributed by atoms with Crippen LogP contribution in [0, 0.1) is 12.8 Å². The first-order valence-corrected chi connectivity index (χ1v) is 8.44. The molecule has 1 saturated heterocycles. The molecule has 3 rings (SSSR count). The van der Waals surface area contributed by atoms with Gasteiger partial charge in [0.25, 0.3) is 11.8 Å². The highest BCUT2D eigenvalue weighted by molar-refractivity contribution is 6.05. The van der Waals surface area contributed by atoms with Crippen molar-refractivity contribution in [3.63, 3.8) is 0 Å². The molecule has 2 amide bonds. The predicted molar refractivity (Wildman–Crippen MR) is 93.6 cm³/mol. The second-order valence-electron chi connectivity index (χ2n) is 6.37. The molecule has 6 nitrogen and oxygen atoms in total. The van der Waals surface area contributed by atoms with Gasteiger partial charge in [0.05, 0.1) is 11.8 Å². The molecule has 1 aliphatic rings. The molecule has 2 N–H and O–H groups in total. The van der Waals surface area contributed by atoms with Crippen molar-refractivity contribution >= 4 is 17.5 Å². The number of piperidine rings is 1. The molecule has 1 fully saturated rings. The summed E-state index contributed by atoms with van der Waals surface area (Å²) in [7, 11) is 0. The fraction of sp³-hybridized carbons (Fsp3) is 0.368. The zero-order chi connectivity index (χ0) is 17.8. The highest BCUT2D eigenvalue weighted by Gasteiger charge is 2.24. The Bertz CT molecular complexity index is 768. The summed E-state index contributed by atoms with van der Waals surface area (Å²) in [6, 6.07) is 8.53. The SMILES string of the molecule is Cc1occc1C(=O)Nc1cccc(C(=O)N2CCCC(CO)C2)c1. The Balaban J connectivity index is 1.72. The number of furan rings is 1. The quantitative estimate of drug-likeness (QED) is 0.895. The van der Waals surface area contributed by atoms with Gasteiger partial charge in [0.2, 0.25) is 0 Å². The topological polar surface area (TPSA) is 82.8 Å². The maximum Gasteiger partial charge on any atom is 0.259 e. The molecule has 1 aromatic heterocycles. The minimum Gasteiger partial charge on any atom is -0.469 e. The van der Waals surface area contributed by atoms with Gasteiger partial charge in [-0.2, -0.15) is 0 Å². The number of hydrogen-bond donors (Lipinski definition) is 2. The van der Waals surface area contributed by atoms with E-state index in [0.717, 1.165) is 12.8 Å². The Hall–Kier alpha value is -2.60. The third kappa shape index (κ3) is 3.91. The molecule has 132 valence electrons. The van der Waals surface area contributed by atoms with Gasteiger partial charge in [0.15, 0.2) is 0 Å². The number of amides is 2. The van der Waals surface area contributed by atoms with Crippen molar-refractivity contribution in [1.82, 2.24) is 4.90 Å². The number of carbonyl (C=O) groups excluding carboxylic acids is 2. The van der Waals surface area contributed by atoms with Crippen molar-refractivity contribution in [1.29, 1.82) is 0 Å². The van der Waals surface area contributed by atoms with Gasteiger partial charge < -0.3 is 19.7 Å². The molecule has 0 aliphatic carbocycles. The zero-order valence-electron chi connectivity index (χ0n) is 14.2. The largest absolute Gasteiger partial charge is 0.469 e. The van der Waals surface area contributed by atoms with Gasteiger partial charge in [-0.15, -0.1) is 0 Å². The lowest BCUT2D eigenvalue weighted by molar-refractivity contribution is 0.0620. The number of carbonyl (C=O) groups is 2. The summed E-state index contributed by atoms with van der Waals surface area (Å²) < 4.78 is 5.14. The van der Waals surface area contributed by atoms with E-state index < -0.39 is 0 Å². The number of likely N-dealkylation sites (tertiary alicyclic amines) is 1. The molecule has 0 bridgehead atoms. The van der Waals surface area contributed by atoms with Crippen LogP contribution >= 0.6 is 0 Å². The number of nitrogens with zero attached hydrogens (tertiary/aromatic N) is 1. The number of hydrogen-bond acceptors (Lipinski definition) is 4. The minimum atomic E-state index is -0.269. The molecule has 0 radical (unpaired) electrons. The standard InChI is InChI=1S/C19H22N2O4/c1-13-17(7-9-25-13)18(23)20-16-6-2-5-15(10-16)19(24)21-8-3-4-14(11-21)12-22/h2,5-7,9-10,14,22H,3-4,8,11-12H2,1H3,(H,20,23). The summed E-state index contributed by atoms with van der Waals surface area (Å²) in [4.78, 5) is 26.7. The Morgan fingerprint density at radius 2 is 2.20 bits per heavy atom. The number of aryl methyl sites for hydroxylation is 1. The van der Waals surface area contributed by atoms with Crippen LogP contribution in [-0.4, -0.2) is 41.5 Å². The van der Waals surface area contributed by atoms with E-state index in [2.05, 4.69) is 5.32 Å². The Labute approximate surface area is 146 Å². The normalized spacial score (nSPS) is 17.4. The maximum atomic E-state index is 12.7. The van der Waals surface area contributed by atoms with Crippen LogP contribution in [-0.2, 0) is 0 Å². The number of aliphatic hydroxyl groups excluding tert-OH is 1. The van der Waals surface area contributed by atoms with Crippen LogP contribution in [0.4, 0.5) is 5.69 Å².